The summed E-state index contributed by atoms with van der Waals surface area (Å²) in [4.78, 5) is 9.42. The van der Waals surface area contributed by atoms with Crippen LogP contribution in [0.25, 0.3) is 0 Å². The SMILES string of the molecule is Cc1ccnc(O[C@H]2C[C@H](OC3CCN(CC4CCN(C)CC4)CC3)C2)c1. The number of nitrogens with zero attached hydrogens (tertiary/aromatic N) is 3. The van der Waals surface area contributed by atoms with Crippen LogP contribution >= 0.6 is 0 Å². The molecule has 2 saturated heterocycles. The van der Waals surface area contributed by atoms with Crippen molar-refractivity contribution in [1.29, 1.82) is 0 Å². The van der Waals surface area contributed by atoms with Crippen molar-refractivity contribution < 1.29 is 9.47 Å². The van der Waals surface area contributed by atoms with Crippen LogP contribution in [0.1, 0.15) is 44.1 Å². The molecule has 150 valence electrons. The van der Waals surface area contributed by atoms with Gasteiger partial charge in [-0.15, -0.1) is 0 Å². The summed E-state index contributed by atoms with van der Waals surface area (Å²) < 4.78 is 12.3. The van der Waals surface area contributed by atoms with Gasteiger partial charge in [-0.1, -0.05) is 0 Å². The van der Waals surface area contributed by atoms with Gasteiger partial charge in [0.05, 0.1) is 12.2 Å². The van der Waals surface area contributed by atoms with Gasteiger partial charge >= 0.3 is 0 Å². The lowest BCUT2D eigenvalue weighted by atomic mass is 9.91. The number of pyridine rings is 1. The minimum absolute atomic E-state index is 0.272. The molecule has 3 aliphatic rings. The van der Waals surface area contributed by atoms with Crippen molar-refractivity contribution >= 4 is 0 Å². The van der Waals surface area contributed by atoms with Crippen LogP contribution in [0.15, 0.2) is 18.3 Å². The van der Waals surface area contributed by atoms with Gasteiger partial charge in [0.1, 0.15) is 6.10 Å². The van der Waals surface area contributed by atoms with E-state index in [1.54, 1.807) is 0 Å². The van der Waals surface area contributed by atoms with E-state index in [1.807, 2.05) is 18.3 Å². The monoisotopic (exact) mass is 373 g/mol. The molecule has 0 amide bonds. The molecule has 0 radical (unpaired) electrons. The van der Waals surface area contributed by atoms with Crippen LogP contribution in [0.2, 0.25) is 0 Å². The summed E-state index contributed by atoms with van der Waals surface area (Å²) >= 11 is 0. The first-order valence-electron chi connectivity index (χ1n) is 10.8. The average molecular weight is 374 g/mol. The number of hydrogen-bond donors (Lipinski definition) is 0. The summed E-state index contributed by atoms with van der Waals surface area (Å²) in [7, 11) is 2.24. The summed E-state index contributed by atoms with van der Waals surface area (Å²) in [6.45, 7) is 8.32. The predicted molar refractivity (Wildman–Crippen MR) is 107 cm³/mol. The summed E-state index contributed by atoms with van der Waals surface area (Å²) in [5, 5.41) is 0. The Hall–Kier alpha value is -1.17. The fraction of sp³-hybridized carbons (Fsp3) is 0.773. The molecule has 1 aliphatic carbocycles. The van der Waals surface area contributed by atoms with Crippen molar-refractivity contribution in [2.45, 2.75) is 63.8 Å². The molecule has 0 bridgehead atoms. The maximum Gasteiger partial charge on any atom is 0.213 e. The molecule has 5 heteroatoms. The molecular weight excluding hydrogens is 338 g/mol. The first-order chi connectivity index (χ1) is 13.1. The maximum atomic E-state index is 6.34. The molecule has 0 aromatic carbocycles. The molecule has 5 nitrogen and oxygen atoms in total. The number of ether oxygens (including phenoxy) is 2. The lowest BCUT2D eigenvalue weighted by Gasteiger charge is -2.40. The molecule has 1 aromatic rings. The van der Waals surface area contributed by atoms with Gasteiger partial charge in [-0.3, -0.25) is 0 Å². The zero-order chi connectivity index (χ0) is 18.6. The molecular formula is C22H35N3O2. The summed E-state index contributed by atoms with van der Waals surface area (Å²) in [6, 6.07) is 4.01. The highest BCUT2D eigenvalue weighted by Gasteiger charge is 2.35. The molecule has 3 heterocycles. The molecule has 0 unspecified atom stereocenters. The van der Waals surface area contributed by atoms with E-state index in [0.717, 1.165) is 24.6 Å². The van der Waals surface area contributed by atoms with Crippen LogP contribution in [0.5, 0.6) is 5.88 Å². The minimum Gasteiger partial charge on any atom is -0.474 e. The number of piperidine rings is 2. The fourth-order valence-electron chi connectivity index (χ4n) is 4.58. The van der Waals surface area contributed by atoms with E-state index >= 15 is 0 Å². The topological polar surface area (TPSA) is 37.8 Å². The van der Waals surface area contributed by atoms with E-state index in [9.17, 15) is 0 Å². The van der Waals surface area contributed by atoms with Crippen molar-refractivity contribution in [3.63, 3.8) is 0 Å². The first-order valence-corrected chi connectivity index (χ1v) is 10.8. The molecule has 1 saturated carbocycles. The third-order valence-electron chi connectivity index (χ3n) is 6.50. The molecule has 27 heavy (non-hydrogen) atoms. The highest BCUT2D eigenvalue weighted by atomic mass is 16.5. The predicted octanol–water partition coefficient (Wildman–Crippen LogP) is 3.12. The minimum atomic E-state index is 0.272. The van der Waals surface area contributed by atoms with Crippen molar-refractivity contribution in [2.24, 2.45) is 5.92 Å². The van der Waals surface area contributed by atoms with Gasteiger partial charge in [-0.05, 0) is 70.3 Å². The van der Waals surface area contributed by atoms with Crippen molar-refractivity contribution in [3.05, 3.63) is 23.9 Å². The van der Waals surface area contributed by atoms with Crippen LogP contribution in [0.4, 0.5) is 0 Å². The number of aromatic nitrogens is 1. The molecule has 4 rings (SSSR count). The molecule has 3 fully saturated rings. The van der Waals surface area contributed by atoms with Gasteiger partial charge in [0, 0.05) is 44.7 Å². The van der Waals surface area contributed by atoms with Crippen molar-refractivity contribution in [1.82, 2.24) is 14.8 Å². The highest BCUT2D eigenvalue weighted by Crippen LogP contribution is 2.30. The summed E-state index contributed by atoms with van der Waals surface area (Å²) in [5.41, 5.74) is 1.19. The zero-order valence-electron chi connectivity index (χ0n) is 17.0. The standard InChI is InChI=1S/C22H35N3O2/c1-17-3-8-23-22(13-17)27-21-14-20(15-21)26-19-6-11-25(12-7-19)16-18-4-9-24(2)10-5-18/h3,8,13,18-21H,4-7,9-12,14-16H2,1-2H3/t20-,21-. The third-order valence-corrected chi connectivity index (χ3v) is 6.50. The third kappa shape index (κ3) is 5.43. The highest BCUT2D eigenvalue weighted by molar-refractivity contribution is 5.19. The Morgan fingerprint density at radius 3 is 2.44 bits per heavy atom. The Morgan fingerprint density at radius 2 is 1.74 bits per heavy atom. The second kappa shape index (κ2) is 8.89. The Balaban J connectivity index is 1.11. The normalized spacial score (nSPS) is 28.8. The maximum absolute atomic E-state index is 6.34. The van der Waals surface area contributed by atoms with Crippen LogP contribution in [-0.4, -0.2) is 72.9 Å². The van der Waals surface area contributed by atoms with Crippen LogP contribution in [0, 0.1) is 12.8 Å². The van der Waals surface area contributed by atoms with Crippen molar-refractivity contribution in [2.75, 3.05) is 39.8 Å². The van der Waals surface area contributed by atoms with E-state index < -0.39 is 0 Å². The van der Waals surface area contributed by atoms with E-state index in [4.69, 9.17) is 9.47 Å². The lowest BCUT2D eigenvalue weighted by Crippen LogP contribution is -2.46. The lowest BCUT2D eigenvalue weighted by molar-refractivity contribution is -0.111. The van der Waals surface area contributed by atoms with Gasteiger partial charge in [0.15, 0.2) is 0 Å². The van der Waals surface area contributed by atoms with Crippen LogP contribution < -0.4 is 4.74 Å². The average Bonchev–Trinajstić information content (AvgIpc) is 2.63. The molecule has 2 aliphatic heterocycles. The van der Waals surface area contributed by atoms with Gasteiger partial charge < -0.3 is 19.3 Å². The van der Waals surface area contributed by atoms with Crippen LogP contribution in [-0.2, 0) is 4.74 Å². The largest absolute Gasteiger partial charge is 0.474 e. The van der Waals surface area contributed by atoms with Gasteiger partial charge in [-0.25, -0.2) is 4.98 Å². The fourth-order valence-corrected chi connectivity index (χ4v) is 4.58. The number of rotatable bonds is 6. The Kier molecular flexibility index (Phi) is 6.31. The van der Waals surface area contributed by atoms with Crippen molar-refractivity contribution in [3.8, 4) is 5.88 Å². The zero-order valence-corrected chi connectivity index (χ0v) is 17.0. The number of aryl methyl sites for hydroxylation is 1. The Morgan fingerprint density at radius 1 is 1.00 bits per heavy atom. The van der Waals surface area contributed by atoms with E-state index in [0.29, 0.717) is 12.2 Å². The van der Waals surface area contributed by atoms with E-state index in [2.05, 4.69) is 28.8 Å². The smallest absolute Gasteiger partial charge is 0.213 e. The van der Waals surface area contributed by atoms with E-state index in [1.165, 1.54) is 64.0 Å². The summed E-state index contributed by atoms with van der Waals surface area (Å²) in [5.74, 6) is 1.65. The second-order valence-corrected chi connectivity index (χ2v) is 8.89. The van der Waals surface area contributed by atoms with Gasteiger partial charge in [-0.2, -0.15) is 0 Å². The molecule has 0 N–H and O–H groups in total. The molecule has 0 atom stereocenters. The molecule has 1 aromatic heterocycles. The first kappa shape index (κ1) is 19.2. The Bertz CT molecular complexity index is 589. The molecule has 0 spiro atoms. The summed E-state index contributed by atoms with van der Waals surface area (Å²) in [6.07, 6.45) is 10.0. The van der Waals surface area contributed by atoms with Gasteiger partial charge in [0.2, 0.25) is 5.88 Å². The second-order valence-electron chi connectivity index (χ2n) is 8.89. The van der Waals surface area contributed by atoms with E-state index in [-0.39, 0.29) is 6.10 Å². The number of hydrogen-bond acceptors (Lipinski definition) is 5. The number of likely N-dealkylation sites (tertiary alicyclic amines) is 2. The Labute approximate surface area is 164 Å². The van der Waals surface area contributed by atoms with Gasteiger partial charge in [0.25, 0.3) is 0 Å². The van der Waals surface area contributed by atoms with Crippen LogP contribution in [0.3, 0.4) is 0 Å². The quantitative estimate of drug-likeness (QED) is 0.766.